The van der Waals surface area contributed by atoms with Crippen molar-refractivity contribution >= 4 is 64.9 Å². The summed E-state index contributed by atoms with van der Waals surface area (Å²) in [7, 11) is 0. The molecule has 1 aliphatic heterocycles. The van der Waals surface area contributed by atoms with Gasteiger partial charge in [0.15, 0.2) is 17.5 Å². The summed E-state index contributed by atoms with van der Waals surface area (Å²) in [5.74, 6) is 1.90. The molecule has 0 unspecified atom stereocenters. The highest BCUT2D eigenvalue weighted by Crippen LogP contribution is 2.63. The van der Waals surface area contributed by atoms with Gasteiger partial charge in [-0.25, -0.2) is 19.9 Å². The summed E-state index contributed by atoms with van der Waals surface area (Å²) in [6.45, 7) is 0. The highest BCUT2D eigenvalue weighted by molar-refractivity contribution is 7.99. The van der Waals surface area contributed by atoms with E-state index in [2.05, 4.69) is 188 Å². The molecule has 0 radical (unpaired) electrons. The van der Waals surface area contributed by atoms with Crippen molar-refractivity contribution in [2.45, 2.75) is 15.2 Å². The molecule has 2 aliphatic rings. The summed E-state index contributed by atoms with van der Waals surface area (Å²) in [4.78, 5) is 23.8. The van der Waals surface area contributed by atoms with Crippen molar-refractivity contribution in [3.63, 3.8) is 0 Å². The zero-order valence-electron chi connectivity index (χ0n) is 34.7. The lowest BCUT2D eigenvalue weighted by Crippen LogP contribution is -2.32. The van der Waals surface area contributed by atoms with Crippen LogP contribution in [0.4, 0.5) is 0 Å². The van der Waals surface area contributed by atoms with Crippen LogP contribution < -0.4 is 0 Å². The van der Waals surface area contributed by atoms with Gasteiger partial charge in [0, 0.05) is 63.0 Å². The zero-order chi connectivity index (χ0) is 42.6. The normalized spacial score (nSPS) is 13.3. The molecule has 4 nitrogen and oxygen atoms in total. The molecule has 6 heteroatoms. The molecule has 0 bridgehead atoms. The van der Waals surface area contributed by atoms with Gasteiger partial charge in [-0.2, -0.15) is 0 Å². The van der Waals surface area contributed by atoms with E-state index in [1.54, 1.807) is 11.3 Å². The number of thiophene rings is 1. The molecule has 1 spiro atoms. The van der Waals surface area contributed by atoms with Gasteiger partial charge >= 0.3 is 0 Å². The third kappa shape index (κ3) is 5.39. The van der Waals surface area contributed by atoms with Crippen LogP contribution in [0.1, 0.15) is 22.3 Å². The second-order valence-corrected chi connectivity index (χ2v) is 19.0. The lowest BCUT2D eigenvalue weighted by atomic mass is 9.67. The smallest absolute Gasteiger partial charge is 0.165 e. The van der Waals surface area contributed by atoms with Crippen LogP contribution in [0.15, 0.2) is 216 Å². The molecule has 3 aromatic heterocycles. The minimum absolute atomic E-state index is 0.514. The van der Waals surface area contributed by atoms with E-state index in [1.807, 2.05) is 30.0 Å². The molecule has 0 saturated heterocycles. The summed E-state index contributed by atoms with van der Waals surface area (Å²) < 4.78 is 2.41. The highest BCUT2D eigenvalue weighted by Gasteiger charge is 2.50. The van der Waals surface area contributed by atoms with Crippen molar-refractivity contribution in [1.82, 2.24) is 19.9 Å². The molecule has 302 valence electrons. The number of aromatic nitrogens is 4. The van der Waals surface area contributed by atoms with E-state index in [0.29, 0.717) is 17.5 Å². The maximum absolute atomic E-state index is 5.49. The van der Waals surface area contributed by atoms with Crippen molar-refractivity contribution in [3.05, 3.63) is 229 Å². The number of pyridine rings is 1. The highest BCUT2D eigenvalue weighted by atomic mass is 32.2. The minimum atomic E-state index is -0.514. The number of hydrogen-bond acceptors (Lipinski definition) is 6. The first-order valence-electron chi connectivity index (χ1n) is 21.9. The monoisotopic (exact) mass is 862 g/mol. The first-order chi connectivity index (χ1) is 32.2. The Morgan fingerprint density at radius 1 is 0.338 bits per heavy atom. The van der Waals surface area contributed by atoms with Crippen LogP contribution in [-0.2, 0) is 5.41 Å². The van der Waals surface area contributed by atoms with Crippen LogP contribution in [0.3, 0.4) is 0 Å². The second kappa shape index (κ2) is 14.1. The van der Waals surface area contributed by atoms with Crippen molar-refractivity contribution in [2.75, 3.05) is 0 Å². The second-order valence-electron chi connectivity index (χ2n) is 16.8. The van der Waals surface area contributed by atoms with Gasteiger partial charge in [-0.05, 0) is 87.3 Å². The molecule has 0 N–H and O–H groups in total. The number of hydrogen-bond donors (Lipinski definition) is 0. The Balaban J connectivity index is 1.05. The van der Waals surface area contributed by atoms with E-state index < -0.39 is 5.41 Å². The average Bonchev–Trinajstić information content (AvgIpc) is 3.90. The molecule has 0 atom stereocenters. The summed E-state index contributed by atoms with van der Waals surface area (Å²) in [6, 6.07) is 74.3. The van der Waals surface area contributed by atoms with E-state index in [-0.39, 0.29) is 0 Å². The standard InChI is InChI=1S/C59H34N4S2/c1-3-16-35(17-4-1)54-45-34-53-49(59(48-27-12-14-29-52(48)64-53)46-25-10-7-20-38(46)39-21-8-11-26-47(39)59)33-43(45)44-32-37(30-31-50(44)60-54)57-61-56(36-18-5-2-6-19-36)62-58(63-57)42-24-15-23-41-40-22-9-13-28-51(40)65-55(41)42/h1-34H. The number of benzene rings is 9. The zero-order valence-corrected chi connectivity index (χ0v) is 36.4. The van der Waals surface area contributed by atoms with E-state index in [0.717, 1.165) is 49.6 Å². The molecule has 12 aromatic rings. The lowest BCUT2D eigenvalue weighted by molar-refractivity contribution is 0.724. The fourth-order valence-electron chi connectivity index (χ4n) is 10.6. The Bertz CT molecular complexity index is 3890. The average molecular weight is 863 g/mol. The molecular weight excluding hydrogens is 829 g/mol. The van der Waals surface area contributed by atoms with Crippen molar-refractivity contribution in [1.29, 1.82) is 0 Å². The number of fused-ring (bicyclic) bond motifs is 15. The van der Waals surface area contributed by atoms with E-state index in [1.165, 1.54) is 63.3 Å². The van der Waals surface area contributed by atoms with Gasteiger partial charge in [0.25, 0.3) is 0 Å². The molecule has 0 fully saturated rings. The van der Waals surface area contributed by atoms with Crippen molar-refractivity contribution < 1.29 is 0 Å². The van der Waals surface area contributed by atoms with Gasteiger partial charge < -0.3 is 0 Å². The third-order valence-corrected chi connectivity index (χ3v) is 15.7. The predicted octanol–water partition coefficient (Wildman–Crippen LogP) is 15.4. The van der Waals surface area contributed by atoms with Gasteiger partial charge in [0.2, 0.25) is 0 Å². The van der Waals surface area contributed by atoms with Crippen LogP contribution >= 0.6 is 23.1 Å². The SMILES string of the molecule is c1ccc(-c2nc(-c3ccc4nc(-c5ccccc5)c5cc6c(cc5c4c3)C3(c4ccccc4S6)c4ccccc4-c4ccccc43)nc(-c3cccc4c3sc3ccccc34)n2)cc1. The van der Waals surface area contributed by atoms with Gasteiger partial charge in [0.1, 0.15) is 0 Å². The van der Waals surface area contributed by atoms with Crippen LogP contribution in [0.5, 0.6) is 0 Å². The molecule has 14 rings (SSSR count). The van der Waals surface area contributed by atoms with Crippen LogP contribution in [0.2, 0.25) is 0 Å². The Hall–Kier alpha value is -7.77. The summed E-state index contributed by atoms with van der Waals surface area (Å²) in [6.07, 6.45) is 0. The molecule has 0 saturated carbocycles. The van der Waals surface area contributed by atoms with E-state index in [4.69, 9.17) is 19.9 Å². The van der Waals surface area contributed by atoms with Gasteiger partial charge in [-0.1, -0.05) is 169 Å². The van der Waals surface area contributed by atoms with Gasteiger partial charge in [-0.3, -0.25) is 0 Å². The largest absolute Gasteiger partial charge is 0.247 e. The molecule has 0 amide bonds. The Kier molecular flexibility index (Phi) is 7.97. The van der Waals surface area contributed by atoms with Crippen LogP contribution in [0, 0.1) is 0 Å². The summed E-state index contributed by atoms with van der Waals surface area (Å²) >= 11 is 3.65. The van der Waals surface area contributed by atoms with Crippen molar-refractivity contribution in [2.24, 2.45) is 0 Å². The molecule has 65 heavy (non-hydrogen) atoms. The van der Waals surface area contributed by atoms with Gasteiger partial charge in [-0.15, -0.1) is 11.3 Å². The van der Waals surface area contributed by atoms with E-state index >= 15 is 0 Å². The van der Waals surface area contributed by atoms with E-state index in [9.17, 15) is 0 Å². The first-order valence-corrected chi connectivity index (χ1v) is 23.5. The molecular formula is C59H34N4S2. The molecule has 4 heterocycles. The Morgan fingerprint density at radius 3 is 1.74 bits per heavy atom. The third-order valence-electron chi connectivity index (χ3n) is 13.4. The fourth-order valence-corrected chi connectivity index (χ4v) is 13.0. The maximum atomic E-state index is 5.49. The summed E-state index contributed by atoms with van der Waals surface area (Å²) in [5.41, 5.74) is 13.1. The predicted molar refractivity (Wildman–Crippen MR) is 269 cm³/mol. The van der Waals surface area contributed by atoms with Crippen LogP contribution in [0.25, 0.3) is 98.4 Å². The Labute approximate surface area is 383 Å². The molecule has 9 aromatic carbocycles. The number of nitrogens with zero attached hydrogens (tertiary/aromatic N) is 4. The lowest BCUT2D eigenvalue weighted by Gasteiger charge is -2.40. The molecule has 1 aliphatic carbocycles. The first kappa shape index (κ1) is 36.7. The Morgan fingerprint density at radius 2 is 0.954 bits per heavy atom. The van der Waals surface area contributed by atoms with Crippen molar-refractivity contribution in [3.8, 4) is 56.5 Å². The topological polar surface area (TPSA) is 51.6 Å². The van der Waals surface area contributed by atoms with Crippen LogP contribution in [-0.4, -0.2) is 19.9 Å². The fraction of sp³-hybridized carbons (Fsp3) is 0.0169. The quantitative estimate of drug-likeness (QED) is 0.165. The maximum Gasteiger partial charge on any atom is 0.165 e. The van der Waals surface area contributed by atoms with Gasteiger partial charge in [0.05, 0.1) is 16.6 Å². The summed E-state index contributed by atoms with van der Waals surface area (Å²) in [5, 5.41) is 5.75. The number of rotatable bonds is 4. The minimum Gasteiger partial charge on any atom is -0.247 e.